The quantitative estimate of drug-likeness (QED) is 0.605. The first kappa shape index (κ1) is 12.5. The van der Waals surface area contributed by atoms with Gasteiger partial charge in [0, 0.05) is 12.6 Å². The number of ether oxygens (including phenoxy) is 1. The Labute approximate surface area is 104 Å². The summed E-state index contributed by atoms with van der Waals surface area (Å²) in [6, 6.07) is 0.364. The van der Waals surface area contributed by atoms with Crippen LogP contribution in [-0.2, 0) is 4.74 Å². The zero-order chi connectivity index (χ0) is 12.5. The number of likely N-dealkylation sites (tertiary alicyclic amines) is 1. The first-order chi connectivity index (χ1) is 7.97. The van der Waals surface area contributed by atoms with Crippen LogP contribution in [0.5, 0.6) is 0 Å². The molecule has 1 saturated heterocycles. The summed E-state index contributed by atoms with van der Waals surface area (Å²) >= 11 is 0. The highest BCUT2D eigenvalue weighted by Gasteiger charge is 2.36. The highest BCUT2D eigenvalue weighted by atomic mass is 16.6. The molecule has 0 aromatic carbocycles. The van der Waals surface area contributed by atoms with E-state index < -0.39 is 5.60 Å². The Morgan fingerprint density at radius 2 is 2.00 bits per heavy atom. The normalized spacial score (nSPS) is 28.8. The first-order valence-electron chi connectivity index (χ1n) is 6.62. The average molecular weight is 237 g/mol. The summed E-state index contributed by atoms with van der Waals surface area (Å²) in [6.07, 6.45) is 8.77. The topological polar surface area (TPSA) is 29.5 Å². The van der Waals surface area contributed by atoms with E-state index >= 15 is 0 Å². The van der Waals surface area contributed by atoms with Crippen LogP contribution in [0.3, 0.4) is 0 Å². The summed E-state index contributed by atoms with van der Waals surface area (Å²) in [5.41, 5.74) is -0.394. The van der Waals surface area contributed by atoms with Crippen LogP contribution in [0.2, 0.25) is 0 Å². The second-order valence-corrected chi connectivity index (χ2v) is 6.09. The molecule has 2 atom stereocenters. The van der Waals surface area contributed by atoms with Crippen LogP contribution in [0.15, 0.2) is 12.2 Å². The first-order valence-corrected chi connectivity index (χ1v) is 6.62. The second kappa shape index (κ2) is 4.71. The van der Waals surface area contributed by atoms with Gasteiger partial charge in [-0.2, -0.15) is 0 Å². The van der Waals surface area contributed by atoms with Gasteiger partial charge in [-0.3, -0.25) is 0 Å². The fourth-order valence-corrected chi connectivity index (χ4v) is 2.79. The standard InChI is InChI=1S/C14H23NO2/c1-14(2,3)17-13(16)15-10-6-8-11-7-4-5-9-12(11)15/h4-5,11-12H,6-10H2,1-3H3/t11-,12-/m1/s1. The number of carbonyl (C=O) groups is 1. The van der Waals surface area contributed by atoms with Crippen LogP contribution in [0, 0.1) is 5.92 Å². The van der Waals surface area contributed by atoms with Crippen molar-refractivity contribution in [2.75, 3.05) is 6.54 Å². The number of carbonyl (C=O) groups excluding carboxylic acids is 1. The predicted octanol–water partition coefficient (Wildman–Crippen LogP) is 3.35. The lowest BCUT2D eigenvalue weighted by atomic mass is 9.82. The maximum atomic E-state index is 12.1. The molecule has 0 aromatic heterocycles. The number of fused-ring (bicyclic) bond motifs is 1. The number of allylic oxidation sites excluding steroid dienone is 1. The number of amides is 1. The molecule has 1 fully saturated rings. The summed E-state index contributed by atoms with van der Waals surface area (Å²) < 4.78 is 5.49. The Bertz CT molecular complexity index is 317. The lowest BCUT2D eigenvalue weighted by Crippen LogP contribution is -2.50. The smallest absolute Gasteiger partial charge is 0.410 e. The summed E-state index contributed by atoms with van der Waals surface area (Å²) in [4.78, 5) is 14.1. The molecule has 1 aliphatic carbocycles. The number of rotatable bonds is 0. The second-order valence-electron chi connectivity index (χ2n) is 6.09. The largest absolute Gasteiger partial charge is 0.444 e. The van der Waals surface area contributed by atoms with E-state index in [1.807, 2.05) is 25.7 Å². The highest BCUT2D eigenvalue weighted by Crippen LogP contribution is 2.32. The van der Waals surface area contributed by atoms with Crippen molar-refractivity contribution >= 4 is 6.09 Å². The van der Waals surface area contributed by atoms with Crippen LogP contribution >= 0.6 is 0 Å². The van der Waals surface area contributed by atoms with Gasteiger partial charge in [-0.25, -0.2) is 4.79 Å². The molecular formula is C14H23NO2. The van der Waals surface area contributed by atoms with E-state index in [1.165, 1.54) is 6.42 Å². The third kappa shape index (κ3) is 3.02. The van der Waals surface area contributed by atoms with Crippen LogP contribution in [-0.4, -0.2) is 29.2 Å². The van der Waals surface area contributed by atoms with Gasteiger partial charge in [-0.15, -0.1) is 0 Å². The van der Waals surface area contributed by atoms with E-state index in [1.54, 1.807) is 0 Å². The van der Waals surface area contributed by atoms with E-state index in [0.29, 0.717) is 12.0 Å². The molecule has 2 aliphatic rings. The number of hydrogen-bond acceptors (Lipinski definition) is 2. The molecule has 17 heavy (non-hydrogen) atoms. The van der Waals surface area contributed by atoms with Crippen molar-refractivity contribution in [2.45, 2.75) is 58.1 Å². The minimum absolute atomic E-state index is 0.137. The van der Waals surface area contributed by atoms with Gasteiger partial charge in [0.25, 0.3) is 0 Å². The molecule has 96 valence electrons. The molecule has 2 rings (SSSR count). The van der Waals surface area contributed by atoms with E-state index in [-0.39, 0.29) is 6.09 Å². The molecule has 3 nitrogen and oxygen atoms in total. The van der Waals surface area contributed by atoms with Gasteiger partial charge in [0.2, 0.25) is 0 Å². The van der Waals surface area contributed by atoms with Gasteiger partial charge in [0.15, 0.2) is 0 Å². The van der Waals surface area contributed by atoms with Gasteiger partial charge in [-0.05, 0) is 52.4 Å². The van der Waals surface area contributed by atoms with Crippen molar-refractivity contribution < 1.29 is 9.53 Å². The number of hydrogen-bond donors (Lipinski definition) is 0. The highest BCUT2D eigenvalue weighted by molar-refractivity contribution is 5.68. The Kier molecular flexibility index (Phi) is 3.45. The van der Waals surface area contributed by atoms with E-state index in [9.17, 15) is 4.79 Å². The fourth-order valence-electron chi connectivity index (χ4n) is 2.79. The van der Waals surface area contributed by atoms with Crippen LogP contribution in [0.1, 0.15) is 46.5 Å². The molecule has 0 N–H and O–H groups in total. The minimum atomic E-state index is -0.394. The van der Waals surface area contributed by atoms with Gasteiger partial charge in [0.1, 0.15) is 5.60 Å². The maximum Gasteiger partial charge on any atom is 0.410 e. The summed E-state index contributed by atoms with van der Waals surface area (Å²) in [5.74, 6) is 0.640. The molecular weight excluding hydrogens is 214 g/mol. The van der Waals surface area contributed by atoms with E-state index in [2.05, 4.69) is 12.2 Å². The Hall–Kier alpha value is -0.990. The molecule has 0 aromatic rings. The Balaban J connectivity index is 2.04. The fraction of sp³-hybridized carbons (Fsp3) is 0.786. The molecule has 0 unspecified atom stereocenters. The summed E-state index contributed by atoms with van der Waals surface area (Å²) in [7, 11) is 0. The van der Waals surface area contributed by atoms with Gasteiger partial charge in [-0.1, -0.05) is 12.2 Å². The molecule has 0 radical (unpaired) electrons. The van der Waals surface area contributed by atoms with Crippen LogP contribution in [0.4, 0.5) is 4.79 Å². The van der Waals surface area contributed by atoms with Gasteiger partial charge < -0.3 is 9.64 Å². The summed E-state index contributed by atoms with van der Waals surface area (Å²) in [6.45, 7) is 6.62. The molecule has 3 heteroatoms. The van der Waals surface area contributed by atoms with E-state index in [0.717, 1.165) is 25.8 Å². The summed E-state index contributed by atoms with van der Waals surface area (Å²) in [5, 5.41) is 0. The lowest BCUT2D eigenvalue weighted by molar-refractivity contribution is -0.000209. The Morgan fingerprint density at radius 1 is 1.29 bits per heavy atom. The zero-order valence-electron chi connectivity index (χ0n) is 11.1. The van der Waals surface area contributed by atoms with Gasteiger partial charge >= 0.3 is 6.09 Å². The van der Waals surface area contributed by atoms with Crippen LogP contribution < -0.4 is 0 Å². The molecule has 0 spiro atoms. The monoisotopic (exact) mass is 237 g/mol. The third-order valence-corrected chi connectivity index (χ3v) is 3.53. The lowest BCUT2D eigenvalue weighted by Gasteiger charge is -2.42. The van der Waals surface area contributed by atoms with Crippen molar-refractivity contribution in [2.24, 2.45) is 5.92 Å². The third-order valence-electron chi connectivity index (χ3n) is 3.53. The molecule has 0 saturated carbocycles. The van der Waals surface area contributed by atoms with Crippen molar-refractivity contribution in [3.05, 3.63) is 12.2 Å². The zero-order valence-corrected chi connectivity index (χ0v) is 11.1. The maximum absolute atomic E-state index is 12.1. The average Bonchev–Trinajstić information content (AvgIpc) is 2.26. The minimum Gasteiger partial charge on any atom is -0.444 e. The molecule has 0 bridgehead atoms. The number of nitrogens with zero attached hydrogens (tertiary/aromatic N) is 1. The van der Waals surface area contributed by atoms with E-state index in [4.69, 9.17) is 4.74 Å². The predicted molar refractivity (Wildman–Crippen MR) is 67.8 cm³/mol. The van der Waals surface area contributed by atoms with Crippen molar-refractivity contribution in [1.29, 1.82) is 0 Å². The van der Waals surface area contributed by atoms with Gasteiger partial charge in [0.05, 0.1) is 0 Å². The molecule has 1 aliphatic heterocycles. The van der Waals surface area contributed by atoms with Crippen LogP contribution in [0.25, 0.3) is 0 Å². The van der Waals surface area contributed by atoms with Crippen molar-refractivity contribution in [1.82, 2.24) is 4.90 Å². The number of piperidine rings is 1. The Morgan fingerprint density at radius 3 is 2.71 bits per heavy atom. The van der Waals surface area contributed by atoms with Crippen molar-refractivity contribution in [3.63, 3.8) is 0 Å². The SMILES string of the molecule is CC(C)(C)OC(=O)N1CCC[C@H]2CC=CC[C@H]21. The van der Waals surface area contributed by atoms with Crippen molar-refractivity contribution in [3.8, 4) is 0 Å². The molecule has 1 amide bonds. The molecule has 1 heterocycles.